The first kappa shape index (κ1) is 25.6. The van der Waals surface area contributed by atoms with Crippen molar-refractivity contribution in [1.82, 2.24) is 14.9 Å². The van der Waals surface area contributed by atoms with Crippen LogP contribution in [-0.4, -0.2) is 66.5 Å². The lowest BCUT2D eigenvalue weighted by molar-refractivity contribution is -0.128. The van der Waals surface area contributed by atoms with Crippen LogP contribution in [0.5, 0.6) is 5.75 Å². The predicted molar refractivity (Wildman–Crippen MR) is 127 cm³/mol. The van der Waals surface area contributed by atoms with Crippen molar-refractivity contribution < 1.29 is 23.9 Å². The fourth-order valence-corrected chi connectivity index (χ4v) is 3.70. The van der Waals surface area contributed by atoms with Crippen molar-refractivity contribution in [3.05, 3.63) is 40.7 Å². The van der Waals surface area contributed by atoms with Crippen LogP contribution < -0.4 is 15.0 Å². The largest absolute Gasteiger partial charge is 0.487 e. The third-order valence-electron chi connectivity index (χ3n) is 5.53. The van der Waals surface area contributed by atoms with Crippen molar-refractivity contribution in [2.24, 2.45) is 0 Å². The fourth-order valence-electron chi connectivity index (χ4n) is 3.70. The highest BCUT2D eigenvalue weighted by atomic mass is 16.5. The van der Waals surface area contributed by atoms with Crippen LogP contribution in [0.4, 0.5) is 16.4 Å². The van der Waals surface area contributed by atoms with Gasteiger partial charge in [-0.2, -0.15) is 5.26 Å². The van der Waals surface area contributed by atoms with E-state index in [4.69, 9.17) is 9.47 Å². The molecule has 11 nitrogen and oxygen atoms in total. The highest BCUT2D eigenvalue weighted by molar-refractivity contribution is 6.01. The number of nitrogens with one attached hydrogen (secondary N) is 1. The standard InChI is InChI=1S/C24H28N6O5/c1-15(14-34-4)35-21-9-22(26-11-19(21)10-25)28-24(33)30-7-5-6-17-8-18(12-29(3)16(2)32)20(13-31)27-23(17)30/h8-9,11,13,15H,5-7,12,14H2,1-4H3,(H,26,28,33)/t15-/m1/s1. The third kappa shape index (κ3) is 6.10. The Morgan fingerprint density at radius 2 is 2.17 bits per heavy atom. The van der Waals surface area contributed by atoms with E-state index in [2.05, 4.69) is 15.3 Å². The Balaban J connectivity index is 1.85. The van der Waals surface area contributed by atoms with E-state index in [1.54, 1.807) is 21.1 Å². The van der Waals surface area contributed by atoms with E-state index in [0.717, 1.165) is 5.56 Å². The maximum Gasteiger partial charge on any atom is 0.328 e. The van der Waals surface area contributed by atoms with Gasteiger partial charge in [-0.25, -0.2) is 14.8 Å². The van der Waals surface area contributed by atoms with E-state index in [1.165, 1.54) is 29.0 Å². The summed E-state index contributed by atoms with van der Waals surface area (Å²) in [5.41, 5.74) is 1.85. The van der Waals surface area contributed by atoms with Crippen LogP contribution in [0.15, 0.2) is 18.3 Å². The van der Waals surface area contributed by atoms with Gasteiger partial charge in [0, 0.05) is 45.8 Å². The van der Waals surface area contributed by atoms with Gasteiger partial charge in [-0.15, -0.1) is 0 Å². The minimum absolute atomic E-state index is 0.129. The molecule has 0 saturated carbocycles. The molecule has 3 rings (SSSR count). The van der Waals surface area contributed by atoms with Gasteiger partial charge in [0.1, 0.15) is 40.8 Å². The van der Waals surface area contributed by atoms with Gasteiger partial charge in [-0.05, 0) is 31.4 Å². The number of aldehydes is 1. The molecule has 2 aromatic heterocycles. The number of carbonyl (C=O) groups excluding carboxylic acids is 3. The summed E-state index contributed by atoms with van der Waals surface area (Å²) in [5, 5.41) is 12.1. The number of amides is 3. The van der Waals surface area contributed by atoms with Gasteiger partial charge in [-0.1, -0.05) is 0 Å². The van der Waals surface area contributed by atoms with Crippen molar-refractivity contribution in [3.8, 4) is 11.8 Å². The number of hydrogen-bond donors (Lipinski definition) is 1. The lowest BCUT2D eigenvalue weighted by Gasteiger charge is -2.29. The lowest BCUT2D eigenvalue weighted by atomic mass is 10.0. The summed E-state index contributed by atoms with van der Waals surface area (Å²) < 4.78 is 10.8. The molecule has 184 valence electrons. The number of methoxy groups -OCH3 is 1. The Bertz CT molecular complexity index is 1160. The molecule has 3 amide bonds. The zero-order chi connectivity index (χ0) is 25.5. The van der Waals surface area contributed by atoms with Crippen molar-refractivity contribution in [1.29, 1.82) is 5.26 Å². The summed E-state index contributed by atoms with van der Waals surface area (Å²) in [4.78, 5) is 48.0. The van der Waals surface area contributed by atoms with E-state index in [0.29, 0.717) is 43.7 Å². The first-order chi connectivity index (χ1) is 16.8. The number of aryl methyl sites for hydroxylation is 1. The van der Waals surface area contributed by atoms with E-state index >= 15 is 0 Å². The third-order valence-corrected chi connectivity index (χ3v) is 5.53. The molecule has 0 bridgehead atoms. The number of rotatable bonds is 8. The first-order valence-corrected chi connectivity index (χ1v) is 11.1. The van der Waals surface area contributed by atoms with Crippen molar-refractivity contribution in [2.75, 3.05) is 37.5 Å². The number of urea groups is 1. The van der Waals surface area contributed by atoms with Crippen LogP contribution >= 0.6 is 0 Å². The maximum absolute atomic E-state index is 13.1. The van der Waals surface area contributed by atoms with E-state index in [-0.39, 0.29) is 41.4 Å². The molecule has 0 aromatic carbocycles. The van der Waals surface area contributed by atoms with Crippen molar-refractivity contribution in [2.45, 2.75) is 39.3 Å². The second kappa shape index (κ2) is 11.4. The average Bonchev–Trinajstić information content (AvgIpc) is 2.83. The Hall–Kier alpha value is -4.04. The van der Waals surface area contributed by atoms with E-state index in [9.17, 15) is 19.6 Å². The van der Waals surface area contributed by atoms with Gasteiger partial charge >= 0.3 is 6.03 Å². The Morgan fingerprint density at radius 3 is 2.83 bits per heavy atom. The average molecular weight is 481 g/mol. The number of nitrogens with zero attached hydrogens (tertiary/aromatic N) is 5. The molecule has 1 atom stereocenters. The highest BCUT2D eigenvalue weighted by Gasteiger charge is 2.27. The number of aromatic nitrogens is 2. The molecular weight excluding hydrogens is 452 g/mol. The first-order valence-electron chi connectivity index (χ1n) is 11.1. The zero-order valence-corrected chi connectivity index (χ0v) is 20.2. The molecule has 1 aliphatic heterocycles. The molecule has 1 N–H and O–H groups in total. The second-order valence-electron chi connectivity index (χ2n) is 8.26. The van der Waals surface area contributed by atoms with Gasteiger partial charge in [0.25, 0.3) is 0 Å². The predicted octanol–water partition coefficient (Wildman–Crippen LogP) is 2.54. The number of nitriles is 1. The smallest absolute Gasteiger partial charge is 0.328 e. The molecule has 0 radical (unpaired) electrons. The molecule has 0 unspecified atom stereocenters. The Kier molecular flexibility index (Phi) is 8.33. The molecule has 3 heterocycles. The van der Waals surface area contributed by atoms with Crippen LogP contribution in [0.25, 0.3) is 0 Å². The van der Waals surface area contributed by atoms with Gasteiger partial charge < -0.3 is 14.4 Å². The summed E-state index contributed by atoms with van der Waals surface area (Å²) in [6, 6.07) is 4.86. The summed E-state index contributed by atoms with van der Waals surface area (Å²) in [6.07, 6.45) is 3.03. The topological polar surface area (TPSA) is 138 Å². The lowest BCUT2D eigenvalue weighted by Crippen LogP contribution is -2.40. The number of anilines is 2. The highest BCUT2D eigenvalue weighted by Crippen LogP contribution is 2.29. The molecule has 0 saturated heterocycles. The van der Waals surface area contributed by atoms with Gasteiger partial charge in [-0.3, -0.25) is 19.8 Å². The van der Waals surface area contributed by atoms with Gasteiger partial charge in [0.2, 0.25) is 5.91 Å². The summed E-state index contributed by atoms with van der Waals surface area (Å²) >= 11 is 0. The fraction of sp³-hybridized carbons (Fsp3) is 0.417. The van der Waals surface area contributed by atoms with Crippen molar-refractivity contribution >= 4 is 29.9 Å². The molecular formula is C24H28N6O5. The van der Waals surface area contributed by atoms with Crippen LogP contribution in [0.2, 0.25) is 0 Å². The Labute approximate surface area is 203 Å². The summed E-state index contributed by atoms with van der Waals surface area (Å²) in [6.45, 7) is 4.22. The number of pyridine rings is 2. The summed E-state index contributed by atoms with van der Waals surface area (Å²) in [7, 11) is 3.20. The quantitative estimate of drug-likeness (QED) is 0.569. The number of fused-ring (bicyclic) bond motifs is 1. The van der Waals surface area contributed by atoms with Gasteiger partial charge in [0.05, 0.1) is 12.8 Å². The van der Waals surface area contributed by atoms with Crippen LogP contribution in [-0.2, 0) is 22.5 Å². The van der Waals surface area contributed by atoms with Crippen LogP contribution in [0, 0.1) is 11.3 Å². The second-order valence-corrected chi connectivity index (χ2v) is 8.26. The Morgan fingerprint density at radius 1 is 1.40 bits per heavy atom. The maximum atomic E-state index is 13.1. The SMILES string of the molecule is COC[C@@H](C)Oc1cc(NC(=O)N2CCCc3cc(CN(C)C(C)=O)c(C=O)nc32)ncc1C#N. The minimum atomic E-state index is -0.475. The van der Waals surface area contributed by atoms with Gasteiger partial charge in [0.15, 0.2) is 6.29 Å². The summed E-state index contributed by atoms with van der Waals surface area (Å²) in [5.74, 6) is 0.748. The molecule has 0 aliphatic carbocycles. The van der Waals surface area contributed by atoms with E-state index in [1.807, 2.05) is 12.1 Å². The normalized spacial score (nSPS) is 13.3. The number of carbonyl (C=O) groups is 3. The molecule has 2 aromatic rings. The molecule has 0 fully saturated rings. The monoisotopic (exact) mass is 480 g/mol. The van der Waals surface area contributed by atoms with Crippen molar-refractivity contribution in [3.63, 3.8) is 0 Å². The molecule has 35 heavy (non-hydrogen) atoms. The van der Waals surface area contributed by atoms with Crippen LogP contribution in [0.3, 0.4) is 0 Å². The van der Waals surface area contributed by atoms with E-state index < -0.39 is 6.03 Å². The number of ether oxygens (including phenoxy) is 2. The minimum Gasteiger partial charge on any atom is -0.487 e. The zero-order valence-electron chi connectivity index (χ0n) is 20.2. The molecule has 11 heteroatoms. The van der Waals surface area contributed by atoms with Crippen LogP contribution in [0.1, 0.15) is 47.4 Å². The number of hydrogen-bond acceptors (Lipinski definition) is 8. The molecule has 0 spiro atoms. The molecule has 1 aliphatic rings.